The highest BCUT2D eigenvalue weighted by atomic mass is 32.2. The summed E-state index contributed by atoms with van der Waals surface area (Å²) in [5.41, 5.74) is 6.80. The molecule has 0 aliphatic carbocycles. The molecule has 0 saturated carbocycles. The molecule has 43 heavy (non-hydrogen) atoms. The van der Waals surface area contributed by atoms with Gasteiger partial charge in [0.2, 0.25) is 15.8 Å². The number of ketones is 1. The molecule has 0 unspecified atom stereocenters. The van der Waals surface area contributed by atoms with Crippen molar-refractivity contribution < 1.29 is 18.0 Å². The summed E-state index contributed by atoms with van der Waals surface area (Å²) in [7, 11) is -1.38. The van der Waals surface area contributed by atoms with Crippen molar-refractivity contribution in [3.8, 4) is 0 Å². The molecule has 0 saturated heterocycles. The van der Waals surface area contributed by atoms with Crippen molar-refractivity contribution in [2.75, 3.05) is 36.1 Å². The first-order chi connectivity index (χ1) is 20.3. The number of carbonyl (C=O) groups is 2. The second kappa shape index (κ2) is 14.6. The number of likely N-dealkylation sites (N-methyl/N-ethyl adjacent to an activating group) is 1. The Kier molecular flexibility index (Phi) is 11.5. The Hall–Kier alpha value is -3.76. The molecule has 2 aromatic carbocycles. The van der Waals surface area contributed by atoms with Gasteiger partial charge in [0, 0.05) is 55.0 Å². The van der Waals surface area contributed by atoms with E-state index >= 15 is 0 Å². The molecule has 0 atom stereocenters. The summed E-state index contributed by atoms with van der Waals surface area (Å²) in [5, 5.41) is 2.89. The number of rotatable bonds is 14. The van der Waals surface area contributed by atoms with E-state index in [2.05, 4.69) is 22.0 Å². The quantitative estimate of drug-likeness (QED) is 0.141. The molecule has 1 aromatic heterocycles. The van der Waals surface area contributed by atoms with Crippen molar-refractivity contribution in [3.63, 3.8) is 0 Å². The first-order valence-electron chi connectivity index (χ1n) is 14.7. The van der Waals surface area contributed by atoms with E-state index in [-0.39, 0.29) is 12.3 Å². The average molecular weight is 608 g/mol. The van der Waals surface area contributed by atoms with E-state index in [1.54, 1.807) is 6.07 Å². The van der Waals surface area contributed by atoms with Crippen molar-refractivity contribution in [3.05, 3.63) is 76.1 Å². The Bertz CT molecular complexity index is 1580. The molecule has 232 valence electrons. The molecule has 10 heteroatoms. The maximum absolute atomic E-state index is 14.0. The van der Waals surface area contributed by atoms with Crippen LogP contribution in [-0.4, -0.2) is 56.3 Å². The predicted octanol–water partition coefficient (Wildman–Crippen LogP) is 5.57. The van der Waals surface area contributed by atoms with Crippen molar-refractivity contribution >= 4 is 44.5 Å². The maximum Gasteiger partial charge on any atom is 0.278 e. The lowest BCUT2D eigenvalue weighted by Crippen LogP contribution is -2.34. The zero-order valence-corrected chi connectivity index (χ0v) is 27.5. The summed E-state index contributed by atoms with van der Waals surface area (Å²) in [6.07, 6.45) is 4.31. The smallest absolute Gasteiger partial charge is 0.278 e. The highest BCUT2D eigenvalue weighted by Crippen LogP contribution is 2.27. The Labute approximate surface area is 256 Å². The van der Waals surface area contributed by atoms with Gasteiger partial charge in [-0.15, -0.1) is 0 Å². The van der Waals surface area contributed by atoms with Gasteiger partial charge in [0.15, 0.2) is 5.71 Å². The van der Waals surface area contributed by atoms with Gasteiger partial charge in [-0.05, 0) is 94.5 Å². The Morgan fingerprint density at radius 1 is 0.977 bits per heavy atom. The molecule has 0 spiro atoms. The second-order valence-electron chi connectivity index (χ2n) is 11.0. The van der Waals surface area contributed by atoms with Gasteiger partial charge in [0.1, 0.15) is 0 Å². The van der Waals surface area contributed by atoms with Crippen LogP contribution >= 0.6 is 0 Å². The van der Waals surface area contributed by atoms with Crippen LogP contribution in [0.2, 0.25) is 0 Å². The molecule has 1 heterocycles. The zero-order chi connectivity index (χ0) is 31.9. The topological polar surface area (TPSA) is 113 Å². The van der Waals surface area contributed by atoms with Gasteiger partial charge in [-0.3, -0.25) is 9.59 Å². The van der Waals surface area contributed by atoms with E-state index in [0.29, 0.717) is 30.0 Å². The van der Waals surface area contributed by atoms with Crippen LogP contribution in [0.4, 0.5) is 17.1 Å². The van der Waals surface area contributed by atoms with E-state index in [4.69, 9.17) is 0 Å². The zero-order valence-electron chi connectivity index (χ0n) is 26.7. The monoisotopic (exact) mass is 607 g/mol. The van der Waals surface area contributed by atoms with Crippen LogP contribution in [0.25, 0.3) is 0 Å². The number of anilines is 2. The van der Waals surface area contributed by atoms with Gasteiger partial charge in [0.25, 0.3) is 5.91 Å². The van der Waals surface area contributed by atoms with Gasteiger partial charge in [-0.25, -0.2) is 18.1 Å². The number of amides is 1. The minimum atomic E-state index is -3.28. The summed E-state index contributed by atoms with van der Waals surface area (Å²) >= 11 is 0. The third kappa shape index (κ3) is 8.64. The van der Waals surface area contributed by atoms with Crippen LogP contribution in [0.5, 0.6) is 0 Å². The number of aliphatic imine (C=N–C) groups is 1. The SMILES string of the molecule is CCCCc1ccc(NC(=O)C(=Nc2ccc(N(CC)CCNS(C)(=O)=O)cc2C)C(=O)c2c(C)c(C)n(C)c2C)cc1. The number of unbranched alkanes of at least 4 members (excludes halogenated alkanes) is 1. The summed E-state index contributed by atoms with van der Waals surface area (Å²) in [5.74, 6) is -1.00. The number of nitrogens with one attached hydrogen (secondary N) is 2. The van der Waals surface area contributed by atoms with Crippen molar-refractivity contribution in [1.29, 1.82) is 0 Å². The molecule has 3 aromatic rings. The van der Waals surface area contributed by atoms with E-state index in [0.717, 1.165) is 53.7 Å². The molecule has 0 aliphatic heterocycles. The van der Waals surface area contributed by atoms with Crippen LogP contribution in [0.3, 0.4) is 0 Å². The lowest BCUT2D eigenvalue weighted by atomic mass is 10.0. The molecule has 0 bridgehead atoms. The number of hydrogen-bond acceptors (Lipinski definition) is 6. The van der Waals surface area contributed by atoms with E-state index in [1.807, 2.05) is 87.5 Å². The number of carbonyl (C=O) groups excluding carboxylic acids is 2. The second-order valence-corrected chi connectivity index (χ2v) is 12.8. The molecule has 0 radical (unpaired) electrons. The third-order valence-corrected chi connectivity index (χ3v) is 8.61. The summed E-state index contributed by atoms with van der Waals surface area (Å²) < 4.78 is 27.4. The first-order valence-corrected chi connectivity index (χ1v) is 16.6. The Morgan fingerprint density at radius 2 is 1.65 bits per heavy atom. The maximum atomic E-state index is 14.0. The number of aromatic nitrogens is 1. The molecular formula is C33H45N5O4S. The Balaban J connectivity index is 1.98. The fourth-order valence-electron chi connectivity index (χ4n) is 5.02. The van der Waals surface area contributed by atoms with Gasteiger partial charge in [-0.1, -0.05) is 25.5 Å². The standard InChI is InChI=1S/C33H45N5O4S/c1-9-11-12-26-13-15-27(16-14-26)35-33(40)31(32(39)30-23(4)24(5)37(7)25(30)6)36-29-18-17-28(21-22(29)3)38(10-2)20-19-34-43(8,41)42/h13-18,21,34H,9-12,19-20H2,1-8H3,(H,35,40). The summed E-state index contributed by atoms with van der Waals surface area (Å²) in [6.45, 7) is 13.2. The van der Waals surface area contributed by atoms with Crippen LogP contribution in [0.1, 0.15) is 65.1 Å². The largest absolute Gasteiger partial charge is 0.370 e. The van der Waals surface area contributed by atoms with Gasteiger partial charge >= 0.3 is 0 Å². The number of benzene rings is 2. The fourth-order valence-corrected chi connectivity index (χ4v) is 5.49. The highest BCUT2D eigenvalue weighted by molar-refractivity contribution is 7.88. The molecule has 2 N–H and O–H groups in total. The lowest BCUT2D eigenvalue weighted by molar-refractivity contribution is -0.110. The fraction of sp³-hybridized carbons (Fsp3) is 0.424. The van der Waals surface area contributed by atoms with Crippen LogP contribution < -0.4 is 14.9 Å². The molecule has 3 rings (SSSR count). The van der Waals surface area contributed by atoms with Crippen molar-refractivity contribution in [1.82, 2.24) is 9.29 Å². The molecule has 0 aliphatic rings. The summed E-state index contributed by atoms with van der Waals surface area (Å²) in [6, 6.07) is 13.3. The number of sulfonamides is 1. The minimum Gasteiger partial charge on any atom is -0.370 e. The molecule has 9 nitrogen and oxygen atoms in total. The van der Waals surface area contributed by atoms with E-state index in [1.165, 1.54) is 5.56 Å². The number of nitrogens with zero attached hydrogens (tertiary/aromatic N) is 3. The Morgan fingerprint density at radius 3 is 2.19 bits per heavy atom. The molecule has 1 amide bonds. The van der Waals surface area contributed by atoms with Crippen LogP contribution in [0.15, 0.2) is 47.5 Å². The highest BCUT2D eigenvalue weighted by Gasteiger charge is 2.28. The normalized spacial score (nSPS) is 12.0. The van der Waals surface area contributed by atoms with Crippen molar-refractivity contribution in [2.45, 2.75) is 60.8 Å². The first kappa shape index (κ1) is 33.7. The van der Waals surface area contributed by atoms with E-state index < -0.39 is 21.7 Å². The predicted molar refractivity (Wildman–Crippen MR) is 177 cm³/mol. The van der Waals surface area contributed by atoms with Crippen LogP contribution in [-0.2, 0) is 28.3 Å². The van der Waals surface area contributed by atoms with Gasteiger partial charge in [-0.2, -0.15) is 0 Å². The van der Waals surface area contributed by atoms with Gasteiger partial charge in [0.05, 0.1) is 11.9 Å². The lowest BCUT2D eigenvalue weighted by Gasteiger charge is -2.24. The van der Waals surface area contributed by atoms with Crippen molar-refractivity contribution in [2.24, 2.45) is 12.0 Å². The van der Waals surface area contributed by atoms with E-state index in [9.17, 15) is 18.0 Å². The average Bonchev–Trinajstić information content (AvgIpc) is 3.15. The third-order valence-electron chi connectivity index (χ3n) is 7.88. The number of hydrogen-bond donors (Lipinski definition) is 2. The number of aryl methyl sites for hydroxylation is 2. The molecule has 0 fully saturated rings. The number of Topliss-reactive ketones (excluding diaryl/α,β-unsaturated/α-hetero) is 1. The van der Waals surface area contributed by atoms with Gasteiger partial charge < -0.3 is 14.8 Å². The van der Waals surface area contributed by atoms with Crippen LogP contribution in [0, 0.1) is 27.7 Å². The summed E-state index contributed by atoms with van der Waals surface area (Å²) in [4.78, 5) is 34.4. The molecular weight excluding hydrogens is 562 g/mol. The minimum absolute atomic E-state index is 0.188.